The van der Waals surface area contributed by atoms with Crippen LogP contribution in [0.4, 0.5) is 0 Å². The van der Waals surface area contributed by atoms with Gasteiger partial charge in [0.2, 0.25) is 5.56 Å². The Morgan fingerprint density at radius 1 is 1.15 bits per heavy atom. The summed E-state index contributed by atoms with van der Waals surface area (Å²) < 4.78 is 0. The summed E-state index contributed by atoms with van der Waals surface area (Å²) in [5, 5.41) is 10.2. The van der Waals surface area contributed by atoms with E-state index < -0.39 is 0 Å². The molecule has 68 valence electrons. The predicted octanol–water partition coefficient (Wildman–Crippen LogP) is 1.66. The van der Waals surface area contributed by atoms with Gasteiger partial charge in [0.25, 0.3) is 0 Å². The number of para-hydroxylation sites is 1. The monoisotopic (exact) mass is 197 g/mol. The number of rotatable bonds is 0. The molecule has 3 nitrogen and oxygen atoms in total. The van der Waals surface area contributed by atoms with Crippen molar-refractivity contribution in [3.63, 3.8) is 0 Å². The first-order valence-corrected chi connectivity index (χ1v) is 3.58. The van der Waals surface area contributed by atoms with Gasteiger partial charge >= 0.3 is 0 Å². The Hall–Kier alpha value is -1.48. The largest absolute Gasteiger partial charge is 0.506 e. The molecule has 0 aliphatic rings. The van der Waals surface area contributed by atoms with Gasteiger partial charge in [0.1, 0.15) is 5.75 Å². The fourth-order valence-corrected chi connectivity index (χ4v) is 1.16. The quantitative estimate of drug-likeness (QED) is 0.675. The molecule has 0 aliphatic heterocycles. The number of aromatic nitrogens is 1. The number of hydrogen-bond donors (Lipinski definition) is 2. The Balaban J connectivity index is 0.000000845. The summed E-state index contributed by atoms with van der Waals surface area (Å²) in [6.45, 7) is 0. The van der Waals surface area contributed by atoms with E-state index in [1.54, 1.807) is 12.1 Å². The number of phenols is 1. The summed E-state index contributed by atoms with van der Waals surface area (Å²) in [5.41, 5.74) is 0.286. The smallest absolute Gasteiger partial charge is 0.248 e. The van der Waals surface area contributed by atoms with Gasteiger partial charge in [-0.25, -0.2) is 0 Å². The molecule has 0 atom stereocenters. The van der Waals surface area contributed by atoms with Crippen LogP contribution in [0.1, 0.15) is 0 Å². The highest BCUT2D eigenvalue weighted by Gasteiger charge is 1.97. The van der Waals surface area contributed by atoms with Crippen LogP contribution in [0.3, 0.4) is 0 Å². The average molecular weight is 198 g/mol. The molecule has 0 unspecified atom stereocenters. The molecule has 1 heterocycles. The molecule has 0 bridgehead atoms. The van der Waals surface area contributed by atoms with Crippen LogP contribution >= 0.6 is 12.4 Å². The highest BCUT2D eigenvalue weighted by Crippen LogP contribution is 2.19. The molecule has 0 spiro atoms. The van der Waals surface area contributed by atoms with Crippen LogP contribution in [0, 0.1) is 0 Å². The molecular formula is C9H8ClNO2. The van der Waals surface area contributed by atoms with Gasteiger partial charge in [-0.05, 0) is 12.1 Å². The maximum atomic E-state index is 10.9. The Morgan fingerprint density at radius 2 is 1.92 bits per heavy atom. The summed E-state index contributed by atoms with van der Waals surface area (Å²) in [4.78, 5) is 13.4. The van der Waals surface area contributed by atoms with E-state index in [0.717, 1.165) is 5.39 Å². The zero-order valence-electron chi connectivity index (χ0n) is 6.65. The third-order valence-corrected chi connectivity index (χ3v) is 1.74. The highest BCUT2D eigenvalue weighted by molar-refractivity contribution is 5.85. The van der Waals surface area contributed by atoms with Crippen LogP contribution in [0.2, 0.25) is 0 Å². The van der Waals surface area contributed by atoms with Gasteiger partial charge in [0.15, 0.2) is 0 Å². The van der Waals surface area contributed by atoms with Crippen LogP contribution < -0.4 is 5.56 Å². The fraction of sp³-hybridized carbons (Fsp3) is 0. The fourth-order valence-electron chi connectivity index (χ4n) is 1.16. The van der Waals surface area contributed by atoms with Crippen LogP contribution in [-0.4, -0.2) is 10.1 Å². The maximum Gasteiger partial charge on any atom is 0.248 e. The van der Waals surface area contributed by atoms with Gasteiger partial charge in [-0.1, -0.05) is 12.1 Å². The number of benzene rings is 1. The van der Waals surface area contributed by atoms with Crippen molar-refractivity contribution in [2.75, 3.05) is 0 Å². The van der Waals surface area contributed by atoms with E-state index >= 15 is 0 Å². The third kappa shape index (κ3) is 1.65. The van der Waals surface area contributed by atoms with E-state index in [2.05, 4.69) is 4.98 Å². The molecular weight excluding hydrogens is 190 g/mol. The molecule has 0 radical (unpaired) electrons. The minimum Gasteiger partial charge on any atom is -0.506 e. The minimum atomic E-state index is -0.205. The second kappa shape index (κ2) is 3.49. The van der Waals surface area contributed by atoms with Gasteiger partial charge in [0.05, 0.1) is 5.52 Å². The molecule has 0 saturated carbocycles. The van der Waals surface area contributed by atoms with E-state index in [1.807, 2.05) is 6.07 Å². The number of hydrogen-bond acceptors (Lipinski definition) is 2. The SMILES string of the molecule is Cl.O=c1ccc2cccc(O)c2[nH]1. The predicted molar refractivity (Wildman–Crippen MR) is 53.5 cm³/mol. The van der Waals surface area contributed by atoms with Gasteiger partial charge in [0, 0.05) is 11.5 Å². The summed E-state index contributed by atoms with van der Waals surface area (Å²) >= 11 is 0. The summed E-state index contributed by atoms with van der Waals surface area (Å²) in [6, 6.07) is 8.20. The molecule has 1 aromatic heterocycles. The molecule has 0 amide bonds. The van der Waals surface area contributed by atoms with Gasteiger partial charge in [-0.15, -0.1) is 12.4 Å². The average Bonchev–Trinajstić information content (AvgIpc) is 2.07. The van der Waals surface area contributed by atoms with Crippen LogP contribution in [-0.2, 0) is 0 Å². The Kier molecular flexibility index (Phi) is 2.58. The van der Waals surface area contributed by atoms with Gasteiger partial charge in [-0.3, -0.25) is 4.79 Å². The molecule has 2 rings (SSSR count). The van der Waals surface area contributed by atoms with Crippen LogP contribution in [0.5, 0.6) is 5.75 Å². The van der Waals surface area contributed by atoms with E-state index in [1.165, 1.54) is 12.1 Å². The Bertz CT molecular complexity index is 478. The molecule has 0 fully saturated rings. The van der Waals surface area contributed by atoms with E-state index in [4.69, 9.17) is 0 Å². The topological polar surface area (TPSA) is 53.1 Å². The zero-order valence-corrected chi connectivity index (χ0v) is 7.47. The lowest BCUT2D eigenvalue weighted by atomic mass is 10.2. The van der Waals surface area contributed by atoms with Gasteiger partial charge < -0.3 is 10.1 Å². The minimum absolute atomic E-state index is 0. The normalized spacial score (nSPS) is 9.54. The highest BCUT2D eigenvalue weighted by atomic mass is 35.5. The van der Waals surface area contributed by atoms with Crippen molar-refractivity contribution in [1.82, 2.24) is 4.98 Å². The Labute approximate surface area is 80.4 Å². The van der Waals surface area contributed by atoms with Crippen molar-refractivity contribution in [2.45, 2.75) is 0 Å². The molecule has 13 heavy (non-hydrogen) atoms. The summed E-state index contributed by atoms with van der Waals surface area (Å²) in [7, 11) is 0. The lowest BCUT2D eigenvalue weighted by molar-refractivity contribution is 0.480. The van der Waals surface area contributed by atoms with E-state index in [9.17, 15) is 9.90 Å². The standard InChI is InChI=1S/C9H7NO2.ClH/c11-7-3-1-2-6-4-5-8(12)10-9(6)7;/h1-5,11H,(H,10,12);1H. The first-order valence-electron chi connectivity index (χ1n) is 3.58. The van der Waals surface area contributed by atoms with Crippen molar-refractivity contribution in [1.29, 1.82) is 0 Å². The van der Waals surface area contributed by atoms with Crippen molar-refractivity contribution >= 4 is 23.3 Å². The molecule has 1 aromatic carbocycles. The molecule has 2 N–H and O–H groups in total. The first kappa shape index (κ1) is 9.61. The lowest BCUT2D eigenvalue weighted by Crippen LogP contribution is -2.01. The number of phenolic OH excluding ortho intramolecular Hbond substituents is 1. The van der Waals surface area contributed by atoms with E-state index in [0.29, 0.717) is 5.52 Å². The third-order valence-electron chi connectivity index (χ3n) is 1.74. The molecule has 4 heteroatoms. The Morgan fingerprint density at radius 3 is 2.69 bits per heavy atom. The van der Waals surface area contributed by atoms with Crippen molar-refractivity contribution < 1.29 is 5.11 Å². The summed E-state index contributed by atoms with van der Waals surface area (Å²) in [5.74, 6) is 0.102. The number of halogens is 1. The molecule has 0 aliphatic carbocycles. The summed E-state index contributed by atoms with van der Waals surface area (Å²) in [6.07, 6.45) is 0. The molecule has 0 saturated heterocycles. The van der Waals surface area contributed by atoms with Crippen LogP contribution in [0.15, 0.2) is 35.1 Å². The number of aromatic hydroxyl groups is 1. The first-order chi connectivity index (χ1) is 5.77. The van der Waals surface area contributed by atoms with Crippen molar-refractivity contribution in [3.05, 3.63) is 40.7 Å². The second-order valence-electron chi connectivity index (χ2n) is 2.56. The lowest BCUT2D eigenvalue weighted by Gasteiger charge is -1.97. The number of fused-ring (bicyclic) bond motifs is 1. The number of aromatic amines is 1. The number of nitrogens with one attached hydrogen (secondary N) is 1. The van der Waals surface area contributed by atoms with E-state index in [-0.39, 0.29) is 23.7 Å². The number of pyridine rings is 1. The van der Waals surface area contributed by atoms with Crippen molar-refractivity contribution in [3.8, 4) is 5.75 Å². The van der Waals surface area contributed by atoms with Gasteiger partial charge in [-0.2, -0.15) is 0 Å². The second-order valence-corrected chi connectivity index (χ2v) is 2.56. The van der Waals surface area contributed by atoms with Crippen molar-refractivity contribution in [2.24, 2.45) is 0 Å². The molecule has 2 aromatic rings. The van der Waals surface area contributed by atoms with Crippen LogP contribution in [0.25, 0.3) is 10.9 Å². The zero-order chi connectivity index (χ0) is 8.55. The maximum absolute atomic E-state index is 10.9. The number of H-pyrrole nitrogens is 1.